The number of benzene rings is 1. The van der Waals surface area contributed by atoms with Gasteiger partial charge in [-0.3, -0.25) is 9.79 Å². The molecule has 1 aromatic heterocycles. The first kappa shape index (κ1) is 15.6. The Morgan fingerprint density at radius 2 is 2.16 bits per heavy atom. The van der Waals surface area contributed by atoms with Crippen LogP contribution in [0.3, 0.4) is 0 Å². The summed E-state index contributed by atoms with van der Waals surface area (Å²) < 4.78 is 18.7. The van der Waals surface area contributed by atoms with Crippen LogP contribution in [-0.2, 0) is 0 Å². The van der Waals surface area contributed by atoms with Crippen LogP contribution in [0.2, 0.25) is 0 Å². The zero-order valence-corrected chi connectivity index (χ0v) is 13.9. The van der Waals surface area contributed by atoms with Gasteiger partial charge in [0.15, 0.2) is 0 Å². The lowest BCUT2D eigenvalue weighted by Crippen LogP contribution is -2.31. The Kier molecular flexibility index (Phi) is 3.63. The van der Waals surface area contributed by atoms with E-state index in [-0.39, 0.29) is 17.8 Å². The topological polar surface area (TPSA) is 70.2 Å². The molecule has 0 bridgehead atoms. The van der Waals surface area contributed by atoms with E-state index >= 15 is 0 Å². The largest absolute Gasteiger partial charge is 0.442 e. The second-order valence-corrected chi connectivity index (χ2v) is 6.09. The number of carbonyl (C=O) groups is 1. The molecule has 0 saturated heterocycles. The van der Waals surface area contributed by atoms with Gasteiger partial charge in [0.1, 0.15) is 23.8 Å². The lowest BCUT2D eigenvalue weighted by atomic mass is 10.1. The fourth-order valence-electron chi connectivity index (χ4n) is 3.08. The molecule has 0 fully saturated rings. The summed E-state index contributed by atoms with van der Waals surface area (Å²) in [6.45, 7) is 4.55. The lowest BCUT2D eigenvalue weighted by Gasteiger charge is -2.18. The van der Waals surface area contributed by atoms with E-state index in [0.717, 1.165) is 18.8 Å². The predicted molar refractivity (Wildman–Crippen MR) is 93.3 cm³/mol. The van der Waals surface area contributed by atoms with Crippen molar-refractivity contribution in [1.29, 1.82) is 0 Å². The van der Waals surface area contributed by atoms with Crippen LogP contribution in [0.1, 0.15) is 35.0 Å². The highest BCUT2D eigenvalue weighted by molar-refractivity contribution is 6.19. The van der Waals surface area contributed by atoms with E-state index < -0.39 is 0 Å². The van der Waals surface area contributed by atoms with Crippen molar-refractivity contribution in [3.05, 3.63) is 47.0 Å². The molecule has 25 heavy (non-hydrogen) atoms. The second kappa shape index (κ2) is 5.84. The molecule has 0 aliphatic carbocycles. The number of nitrogens with one attached hydrogen (secondary N) is 1. The van der Waals surface area contributed by atoms with Crippen LogP contribution in [0.25, 0.3) is 0 Å². The third-order valence-corrected chi connectivity index (χ3v) is 4.39. The summed E-state index contributed by atoms with van der Waals surface area (Å²) in [4.78, 5) is 23.8. The minimum absolute atomic E-state index is 0.176. The number of hydrogen-bond acceptors (Lipinski definition) is 5. The summed E-state index contributed by atoms with van der Waals surface area (Å²) in [6, 6.07) is 5.80. The number of rotatable bonds is 3. The molecule has 128 valence electrons. The van der Waals surface area contributed by atoms with E-state index in [4.69, 9.17) is 9.41 Å². The number of fused-ring (bicyclic) bond motifs is 3. The molecule has 0 radical (unpaired) electrons. The lowest BCUT2D eigenvalue weighted by molar-refractivity contribution is 0.102. The quantitative estimate of drug-likeness (QED) is 0.930. The Balaban J connectivity index is 1.72. The average molecular weight is 340 g/mol. The molecule has 6 nitrogen and oxygen atoms in total. The van der Waals surface area contributed by atoms with Gasteiger partial charge in [-0.2, -0.15) is 0 Å². The molecule has 0 spiro atoms. The van der Waals surface area contributed by atoms with Crippen LogP contribution in [-0.4, -0.2) is 35.6 Å². The highest BCUT2D eigenvalue weighted by atomic mass is 19.1. The van der Waals surface area contributed by atoms with Crippen LogP contribution in [0, 0.1) is 12.7 Å². The van der Waals surface area contributed by atoms with Gasteiger partial charge in [0.2, 0.25) is 5.88 Å². The average Bonchev–Trinajstić information content (AvgIpc) is 3.16. The first-order chi connectivity index (χ1) is 12.1. The molecule has 4 rings (SSSR count). The maximum Gasteiger partial charge on any atom is 0.260 e. The number of nitrogens with zero attached hydrogens (tertiary/aromatic N) is 3. The number of amides is 1. The number of hydrogen-bond donors (Lipinski definition) is 1. The number of halogens is 1. The summed E-state index contributed by atoms with van der Waals surface area (Å²) >= 11 is 0. The van der Waals surface area contributed by atoms with E-state index in [9.17, 15) is 9.18 Å². The molecule has 1 atom stereocenters. The van der Waals surface area contributed by atoms with Gasteiger partial charge in [0, 0.05) is 12.2 Å². The van der Waals surface area contributed by atoms with Gasteiger partial charge in [-0.05, 0) is 37.6 Å². The van der Waals surface area contributed by atoms with Gasteiger partial charge < -0.3 is 14.6 Å². The van der Waals surface area contributed by atoms with Crippen LogP contribution in [0.4, 0.5) is 16.0 Å². The molecule has 1 amide bonds. The van der Waals surface area contributed by atoms with Gasteiger partial charge in [0.05, 0.1) is 17.2 Å². The van der Waals surface area contributed by atoms with Gasteiger partial charge in [-0.1, -0.05) is 6.92 Å². The molecular formula is C18H17FN4O2. The van der Waals surface area contributed by atoms with Crippen molar-refractivity contribution in [2.45, 2.75) is 26.3 Å². The molecule has 2 aromatic rings. The van der Waals surface area contributed by atoms with Crippen molar-refractivity contribution in [1.82, 2.24) is 4.90 Å². The molecular weight excluding hydrogens is 323 g/mol. The van der Waals surface area contributed by atoms with Crippen molar-refractivity contribution in [2.75, 3.05) is 11.9 Å². The summed E-state index contributed by atoms with van der Waals surface area (Å²) in [5.41, 5.74) is 1.55. The minimum atomic E-state index is -0.356. The highest BCUT2D eigenvalue weighted by Crippen LogP contribution is 2.35. The van der Waals surface area contributed by atoms with E-state index in [2.05, 4.69) is 17.2 Å². The number of furan rings is 1. The number of carbonyl (C=O) groups excluding carboxylic acids is 1. The second-order valence-electron chi connectivity index (χ2n) is 6.09. The number of aliphatic imine (C=N–C) groups is 2. The normalized spacial score (nSPS) is 18.0. The van der Waals surface area contributed by atoms with Crippen molar-refractivity contribution in [2.24, 2.45) is 9.98 Å². The SMILES string of the molecule is CCC1CN2C=Nc3oc(C)c(C(=O)Nc4ccc(F)cc4)c3C2=N1. The van der Waals surface area contributed by atoms with Crippen molar-refractivity contribution < 1.29 is 13.6 Å². The van der Waals surface area contributed by atoms with Crippen LogP contribution < -0.4 is 5.32 Å². The van der Waals surface area contributed by atoms with Gasteiger partial charge in [0.25, 0.3) is 5.91 Å². The van der Waals surface area contributed by atoms with E-state index in [1.807, 2.05) is 4.90 Å². The molecule has 0 saturated carbocycles. The number of amidine groups is 1. The zero-order valence-electron chi connectivity index (χ0n) is 13.9. The predicted octanol–water partition coefficient (Wildman–Crippen LogP) is 3.49. The first-order valence-corrected chi connectivity index (χ1v) is 8.16. The summed E-state index contributed by atoms with van der Waals surface area (Å²) in [5, 5.41) is 2.78. The van der Waals surface area contributed by atoms with E-state index in [1.54, 1.807) is 13.3 Å². The Labute approximate surface area is 144 Å². The van der Waals surface area contributed by atoms with Crippen molar-refractivity contribution in [3.8, 4) is 0 Å². The maximum absolute atomic E-state index is 13.0. The highest BCUT2D eigenvalue weighted by Gasteiger charge is 2.35. The standard InChI is InChI=1S/C18H17FN4O2/c1-3-12-8-23-9-20-18-15(16(23)21-12)14(10(2)25-18)17(24)22-13-6-4-11(19)5-7-13/h4-7,9,12H,3,8H2,1-2H3,(H,22,24). The molecule has 1 unspecified atom stereocenters. The molecule has 2 aliphatic heterocycles. The smallest absolute Gasteiger partial charge is 0.260 e. The molecule has 7 heteroatoms. The first-order valence-electron chi connectivity index (χ1n) is 8.16. The fourth-order valence-corrected chi connectivity index (χ4v) is 3.08. The number of aryl methyl sites for hydroxylation is 1. The van der Waals surface area contributed by atoms with Gasteiger partial charge in [-0.25, -0.2) is 9.38 Å². The van der Waals surface area contributed by atoms with Crippen LogP contribution in [0.15, 0.2) is 38.7 Å². The summed E-state index contributed by atoms with van der Waals surface area (Å²) in [7, 11) is 0. The number of anilines is 1. The Morgan fingerprint density at radius 1 is 1.40 bits per heavy atom. The summed E-state index contributed by atoms with van der Waals surface area (Å²) in [5.74, 6) is 0.914. The third-order valence-electron chi connectivity index (χ3n) is 4.39. The monoisotopic (exact) mass is 340 g/mol. The van der Waals surface area contributed by atoms with Crippen molar-refractivity contribution in [3.63, 3.8) is 0 Å². The fraction of sp³-hybridized carbons (Fsp3) is 0.278. The molecule has 1 aromatic carbocycles. The van der Waals surface area contributed by atoms with E-state index in [0.29, 0.717) is 28.5 Å². The Morgan fingerprint density at radius 3 is 2.88 bits per heavy atom. The van der Waals surface area contributed by atoms with Gasteiger partial charge in [-0.15, -0.1) is 0 Å². The molecule has 2 aliphatic rings. The maximum atomic E-state index is 13.0. The summed E-state index contributed by atoms with van der Waals surface area (Å²) in [6.07, 6.45) is 2.61. The minimum Gasteiger partial charge on any atom is -0.442 e. The molecule has 1 N–H and O–H groups in total. The Hall–Kier alpha value is -2.96. The van der Waals surface area contributed by atoms with Gasteiger partial charge >= 0.3 is 0 Å². The zero-order chi connectivity index (χ0) is 17.6. The van der Waals surface area contributed by atoms with Crippen LogP contribution >= 0.6 is 0 Å². The third kappa shape index (κ3) is 2.61. The molecule has 3 heterocycles. The van der Waals surface area contributed by atoms with E-state index in [1.165, 1.54) is 24.3 Å². The van der Waals surface area contributed by atoms with Crippen molar-refractivity contribution >= 4 is 29.7 Å². The Bertz CT molecular complexity index is 899. The van der Waals surface area contributed by atoms with Crippen LogP contribution in [0.5, 0.6) is 0 Å².